The molecule has 10 heteroatoms. The predicted octanol–water partition coefficient (Wildman–Crippen LogP) is 14.6. The van der Waals surface area contributed by atoms with Gasteiger partial charge >= 0.3 is 392 Å². The van der Waals surface area contributed by atoms with Gasteiger partial charge in [0.15, 0.2) is 0 Å². The first-order chi connectivity index (χ1) is 32.9. The zero-order valence-corrected chi connectivity index (χ0v) is 37.4. The Morgan fingerprint density at radius 3 is 1.33 bits per heavy atom. The van der Waals surface area contributed by atoms with Crippen LogP contribution < -0.4 is 25.1 Å². The fourth-order valence-corrected chi connectivity index (χ4v) is 11.9. The molecule has 9 nitrogen and oxygen atoms in total. The molecule has 2 heterocycles. The number of fused-ring (bicyclic) bond motifs is 4. The summed E-state index contributed by atoms with van der Waals surface area (Å²) in [6.07, 6.45) is 0. The maximum absolute atomic E-state index is 15.6. The predicted molar refractivity (Wildman–Crippen MR) is 268 cm³/mol. The summed E-state index contributed by atoms with van der Waals surface area (Å²) in [6, 6.07) is 63.3. The van der Waals surface area contributed by atoms with Gasteiger partial charge in [-0.2, -0.15) is 0 Å². The van der Waals surface area contributed by atoms with Crippen molar-refractivity contribution in [2.45, 2.75) is 0 Å². The van der Waals surface area contributed by atoms with Crippen molar-refractivity contribution in [3.05, 3.63) is 245 Å². The Morgan fingerprint density at radius 1 is 0.403 bits per heavy atom. The molecule has 0 aliphatic heterocycles. The van der Waals surface area contributed by atoms with Crippen molar-refractivity contribution in [3.63, 3.8) is 0 Å². The van der Waals surface area contributed by atoms with Gasteiger partial charge in [0.2, 0.25) is 0 Å². The van der Waals surface area contributed by atoms with Crippen molar-refractivity contribution >= 4 is 70.1 Å². The number of benzene rings is 9. The van der Waals surface area contributed by atoms with Gasteiger partial charge in [-0.1, -0.05) is 0 Å². The summed E-state index contributed by atoms with van der Waals surface area (Å²) in [4.78, 5) is 43.8. The van der Waals surface area contributed by atoms with E-state index < -0.39 is 26.2 Å². The third-order valence-corrected chi connectivity index (χ3v) is 15.4. The molecular weight excluding hydrogens is 956 g/mol. The minimum absolute atomic E-state index is 0.114. The number of carbonyl (C=O) groups excluding carboxylic acids is 1. The third kappa shape index (κ3) is 8.15. The van der Waals surface area contributed by atoms with Gasteiger partial charge in [-0.05, 0) is 0 Å². The van der Waals surface area contributed by atoms with Crippen LogP contribution in [0, 0.1) is 7.14 Å². The summed E-state index contributed by atoms with van der Waals surface area (Å²) in [5.74, 6) is 1.35. The Morgan fingerprint density at radius 2 is 0.821 bits per heavy atom. The van der Waals surface area contributed by atoms with Crippen molar-refractivity contribution in [1.82, 2.24) is 0 Å². The molecule has 2 aromatic heterocycles. The molecule has 0 saturated heterocycles. The molecule has 0 unspecified atom stereocenters. The van der Waals surface area contributed by atoms with E-state index >= 15 is 4.79 Å². The van der Waals surface area contributed by atoms with Gasteiger partial charge in [-0.25, -0.2) is 0 Å². The van der Waals surface area contributed by atoms with E-state index in [9.17, 15) is 9.59 Å². The number of para-hydroxylation sites is 5. The summed E-state index contributed by atoms with van der Waals surface area (Å²) >= 11 is -3.50. The summed E-state index contributed by atoms with van der Waals surface area (Å²) in [5, 5.41) is 1.49. The third-order valence-electron chi connectivity index (χ3n) is 11.0. The van der Waals surface area contributed by atoms with Crippen LogP contribution in [0.2, 0.25) is 0 Å². The second kappa shape index (κ2) is 17.8. The van der Waals surface area contributed by atoms with Crippen LogP contribution in [0.3, 0.4) is 0 Å². The first-order valence-corrected chi connectivity index (χ1v) is 24.3. The van der Waals surface area contributed by atoms with Crippen molar-refractivity contribution in [1.29, 1.82) is 0 Å². The van der Waals surface area contributed by atoms with Crippen LogP contribution in [-0.2, 0) is 3.07 Å². The van der Waals surface area contributed by atoms with Crippen molar-refractivity contribution < 1.29 is 30.9 Å². The number of carbonyl (C=O) groups is 1. The molecule has 0 saturated carbocycles. The Kier molecular flexibility index (Phi) is 11.0. The zero-order valence-electron chi connectivity index (χ0n) is 35.3. The van der Waals surface area contributed by atoms with Gasteiger partial charge in [-0.3, -0.25) is 0 Å². The van der Waals surface area contributed by atoms with Crippen molar-refractivity contribution in [2.75, 3.05) is 0 Å². The molecule has 0 atom stereocenters. The molecule has 0 N–H and O–H groups in total. The van der Waals surface area contributed by atoms with E-state index in [0.717, 1.165) is 0 Å². The average molecular weight is 991 g/mol. The molecule has 324 valence electrons. The molecule has 0 radical (unpaired) electrons. The van der Waals surface area contributed by atoms with E-state index in [4.69, 9.17) is 26.1 Å². The Hall–Kier alpha value is -8.48. The molecule has 9 aromatic carbocycles. The monoisotopic (exact) mass is 990 g/mol. The number of hydrogen-bond acceptors (Lipinski definition) is 9. The standard InChI is InChI=1S/C57H35IO9/c59-53-42-25-13-15-27-47(42)65-49-31-29-37(33-44(49)53)58(38-30-32-50-45(34-38)54(60)43-26-14-16-28-48(43)66-50)67-57(61)46-35-51(62-39-19-7-2-8-20-39)55(63-40-21-9-3-10-22-40)56(64-41-23-11-4-12-24-41)52(46)36-17-5-1-6-18-36/h1-35H. The molecule has 11 rings (SSSR count). The molecule has 0 aliphatic carbocycles. The second-order valence-electron chi connectivity index (χ2n) is 15.3. The average Bonchev–Trinajstić information content (AvgIpc) is 3.37. The molecule has 0 spiro atoms. The van der Waals surface area contributed by atoms with E-state index in [1.807, 2.05) is 133 Å². The van der Waals surface area contributed by atoms with E-state index in [2.05, 4.69) is 0 Å². The van der Waals surface area contributed by atoms with Crippen LogP contribution in [0.4, 0.5) is 0 Å². The van der Waals surface area contributed by atoms with E-state index in [0.29, 0.717) is 79.4 Å². The summed E-state index contributed by atoms with van der Waals surface area (Å²) in [6.45, 7) is 0. The summed E-state index contributed by atoms with van der Waals surface area (Å²) < 4.78 is 40.6. The van der Waals surface area contributed by atoms with Crippen molar-refractivity contribution in [3.8, 4) is 45.6 Å². The van der Waals surface area contributed by atoms with Crippen LogP contribution in [0.1, 0.15) is 10.4 Å². The number of rotatable bonds is 11. The van der Waals surface area contributed by atoms with Crippen molar-refractivity contribution in [2.24, 2.45) is 0 Å². The number of ether oxygens (including phenoxy) is 3. The zero-order chi connectivity index (χ0) is 45.3. The van der Waals surface area contributed by atoms with E-state index in [1.54, 1.807) is 78.9 Å². The van der Waals surface area contributed by atoms with Crippen LogP contribution in [0.25, 0.3) is 55.0 Å². The Labute approximate surface area is 389 Å². The van der Waals surface area contributed by atoms with Crippen LogP contribution in [0.15, 0.2) is 231 Å². The van der Waals surface area contributed by atoms with Gasteiger partial charge < -0.3 is 0 Å². The SMILES string of the molecule is O=C(OI(c1ccc2oc3ccccc3c(=O)c2c1)c1ccc2oc3ccccc3c(=O)c2c1)c1cc(Oc2ccccc2)c(Oc2ccccc2)c(Oc2ccccc2)c1-c1ccccc1. The maximum atomic E-state index is 15.6. The summed E-state index contributed by atoms with van der Waals surface area (Å²) in [7, 11) is 0. The second-order valence-corrected chi connectivity index (χ2v) is 19.7. The molecule has 0 aliphatic rings. The quantitative estimate of drug-likeness (QED) is 0.0923. The molecule has 0 amide bonds. The molecule has 0 bridgehead atoms. The van der Waals surface area contributed by atoms with Gasteiger partial charge in [0.05, 0.1) is 0 Å². The number of halogens is 1. The number of hydrogen-bond donors (Lipinski definition) is 0. The topological polar surface area (TPSA) is 114 Å². The Bertz CT molecular complexity index is 3630. The van der Waals surface area contributed by atoms with Crippen LogP contribution in [-0.4, -0.2) is 5.97 Å². The minimum atomic E-state index is -3.50. The molecule has 67 heavy (non-hydrogen) atoms. The van der Waals surface area contributed by atoms with Gasteiger partial charge in [0, 0.05) is 0 Å². The first kappa shape index (κ1) is 41.2. The fraction of sp³-hybridized carbons (Fsp3) is 0. The molecule has 11 aromatic rings. The van der Waals surface area contributed by atoms with Gasteiger partial charge in [0.1, 0.15) is 0 Å². The first-order valence-electron chi connectivity index (χ1n) is 21.2. The normalized spacial score (nSPS) is 11.4. The summed E-state index contributed by atoms with van der Waals surface area (Å²) in [5.41, 5.74) is 2.36. The van der Waals surface area contributed by atoms with Gasteiger partial charge in [-0.15, -0.1) is 0 Å². The molecular formula is C57H35IO9. The van der Waals surface area contributed by atoms with Crippen LogP contribution in [0.5, 0.6) is 34.5 Å². The Balaban J connectivity index is 1.14. The van der Waals surface area contributed by atoms with Gasteiger partial charge in [0.25, 0.3) is 0 Å². The van der Waals surface area contributed by atoms with E-state index in [1.165, 1.54) is 0 Å². The molecule has 0 fully saturated rings. The van der Waals surface area contributed by atoms with Crippen LogP contribution >= 0.6 is 20.2 Å². The fourth-order valence-electron chi connectivity index (χ4n) is 7.86. The van der Waals surface area contributed by atoms with E-state index in [-0.39, 0.29) is 33.7 Å².